The third-order valence-corrected chi connectivity index (χ3v) is 4.79. The molecule has 1 unspecified atom stereocenters. The SMILES string of the molecule is CNCC1CCN(C(=O)CCc2c(C)nn(CC(C)C)c2C)C1.Cl. The van der Waals surface area contributed by atoms with Gasteiger partial charge in [0, 0.05) is 31.7 Å². The number of amides is 1. The van der Waals surface area contributed by atoms with Gasteiger partial charge in [0.05, 0.1) is 5.69 Å². The van der Waals surface area contributed by atoms with Gasteiger partial charge in [0.15, 0.2) is 0 Å². The molecular weight excluding hydrogens is 324 g/mol. The molecule has 1 aromatic heterocycles. The summed E-state index contributed by atoms with van der Waals surface area (Å²) in [4.78, 5) is 14.5. The number of likely N-dealkylation sites (tertiary alicyclic amines) is 1. The van der Waals surface area contributed by atoms with Gasteiger partial charge in [-0.25, -0.2) is 0 Å². The van der Waals surface area contributed by atoms with Gasteiger partial charge in [0.25, 0.3) is 0 Å². The molecule has 1 N–H and O–H groups in total. The fraction of sp³-hybridized carbons (Fsp3) is 0.778. The normalized spacial score (nSPS) is 17.4. The second kappa shape index (κ2) is 9.42. The van der Waals surface area contributed by atoms with Gasteiger partial charge in [-0.05, 0) is 57.7 Å². The van der Waals surface area contributed by atoms with Crippen molar-refractivity contribution in [2.45, 2.75) is 53.5 Å². The first-order valence-electron chi connectivity index (χ1n) is 8.87. The minimum Gasteiger partial charge on any atom is -0.342 e. The molecule has 0 saturated carbocycles. The van der Waals surface area contributed by atoms with Crippen LogP contribution in [0.5, 0.6) is 0 Å². The molecule has 24 heavy (non-hydrogen) atoms. The number of nitrogens with one attached hydrogen (secondary N) is 1. The predicted octanol–water partition coefficient (Wildman–Crippen LogP) is 2.58. The van der Waals surface area contributed by atoms with Crippen LogP contribution in [-0.4, -0.2) is 47.3 Å². The summed E-state index contributed by atoms with van der Waals surface area (Å²) in [6.07, 6.45) is 2.53. The summed E-state index contributed by atoms with van der Waals surface area (Å²) in [5.74, 6) is 1.48. The molecule has 0 aliphatic carbocycles. The molecule has 0 radical (unpaired) electrons. The van der Waals surface area contributed by atoms with Crippen molar-refractivity contribution in [2.24, 2.45) is 11.8 Å². The van der Waals surface area contributed by atoms with Gasteiger partial charge in [0.2, 0.25) is 5.91 Å². The topological polar surface area (TPSA) is 50.2 Å². The first kappa shape index (κ1) is 21.0. The number of hydrogen-bond donors (Lipinski definition) is 1. The van der Waals surface area contributed by atoms with E-state index in [1.54, 1.807) is 0 Å². The van der Waals surface area contributed by atoms with E-state index in [1.807, 2.05) is 11.9 Å². The van der Waals surface area contributed by atoms with Gasteiger partial charge in [-0.1, -0.05) is 13.8 Å². The van der Waals surface area contributed by atoms with E-state index < -0.39 is 0 Å². The zero-order chi connectivity index (χ0) is 17.0. The lowest BCUT2D eigenvalue weighted by atomic mass is 10.1. The molecule has 6 heteroatoms. The molecule has 1 saturated heterocycles. The van der Waals surface area contributed by atoms with Crippen LogP contribution in [0, 0.1) is 25.7 Å². The van der Waals surface area contributed by atoms with E-state index in [4.69, 9.17) is 0 Å². The summed E-state index contributed by atoms with van der Waals surface area (Å²) in [7, 11) is 1.98. The average Bonchev–Trinajstić information content (AvgIpc) is 3.03. The zero-order valence-electron chi connectivity index (χ0n) is 15.8. The predicted molar refractivity (Wildman–Crippen MR) is 101 cm³/mol. The smallest absolute Gasteiger partial charge is 0.222 e. The van der Waals surface area contributed by atoms with Crippen molar-refractivity contribution in [2.75, 3.05) is 26.7 Å². The van der Waals surface area contributed by atoms with Crippen molar-refractivity contribution in [1.29, 1.82) is 0 Å². The average molecular weight is 357 g/mol. The van der Waals surface area contributed by atoms with E-state index in [0.717, 1.165) is 44.7 Å². The minimum atomic E-state index is 0. The molecule has 1 aromatic rings. The lowest BCUT2D eigenvalue weighted by Crippen LogP contribution is -2.30. The van der Waals surface area contributed by atoms with Crippen LogP contribution < -0.4 is 5.32 Å². The highest BCUT2D eigenvalue weighted by Gasteiger charge is 2.25. The Morgan fingerprint density at radius 3 is 2.71 bits per heavy atom. The first-order chi connectivity index (χ1) is 10.9. The number of aromatic nitrogens is 2. The van der Waals surface area contributed by atoms with Crippen LogP contribution >= 0.6 is 12.4 Å². The lowest BCUT2D eigenvalue weighted by Gasteiger charge is -2.16. The van der Waals surface area contributed by atoms with Crippen molar-refractivity contribution in [3.8, 4) is 0 Å². The largest absolute Gasteiger partial charge is 0.342 e. The van der Waals surface area contributed by atoms with Gasteiger partial charge < -0.3 is 10.2 Å². The van der Waals surface area contributed by atoms with E-state index in [1.165, 1.54) is 11.3 Å². The molecule has 1 fully saturated rings. The molecular formula is C18H33ClN4O. The summed E-state index contributed by atoms with van der Waals surface area (Å²) >= 11 is 0. The van der Waals surface area contributed by atoms with Crippen LogP contribution in [0.2, 0.25) is 0 Å². The Bertz CT molecular complexity index is 541. The highest BCUT2D eigenvalue weighted by atomic mass is 35.5. The van der Waals surface area contributed by atoms with Gasteiger partial charge in [-0.3, -0.25) is 9.48 Å². The maximum atomic E-state index is 12.5. The van der Waals surface area contributed by atoms with Crippen molar-refractivity contribution in [3.05, 3.63) is 17.0 Å². The van der Waals surface area contributed by atoms with Gasteiger partial charge >= 0.3 is 0 Å². The molecule has 1 atom stereocenters. The molecule has 0 spiro atoms. The van der Waals surface area contributed by atoms with E-state index in [-0.39, 0.29) is 12.4 Å². The molecule has 5 nitrogen and oxygen atoms in total. The van der Waals surface area contributed by atoms with E-state index >= 15 is 0 Å². The fourth-order valence-electron chi connectivity index (χ4n) is 3.52. The Morgan fingerprint density at radius 2 is 2.08 bits per heavy atom. The number of carbonyl (C=O) groups is 1. The highest BCUT2D eigenvalue weighted by Crippen LogP contribution is 2.20. The van der Waals surface area contributed by atoms with Crippen molar-refractivity contribution < 1.29 is 4.79 Å². The number of carbonyl (C=O) groups excluding carboxylic acids is 1. The molecule has 1 aliphatic rings. The molecule has 0 bridgehead atoms. The summed E-state index contributed by atoms with van der Waals surface area (Å²) in [6.45, 7) is 12.4. The zero-order valence-corrected chi connectivity index (χ0v) is 16.6. The monoisotopic (exact) mass is 356 g/mol. The molecule has 138 valence electrons. The van der Waals surface area contributed by atoms with Gasteiger partial charge in [-0.15, -0.1) is 12.4 Å². The van der Waals surface area contributed by atoms with Crippen molar-refractivity contribution in [1.82, 2.24) is 20.0 Å². The third kappa shape index (κ3) is 5.21. The van der Waals surface area contributed by atoms with Crippen LogP contribution in [0.15, 0.2) is 0 Å². The number of aryl methyl sites for hydroxylation is 1. The van der Waals surface area contributed by atoms with Crippen LogP contribution in [0.4, 0.5) is 0 Å². The fourth-order valence-corrected chi connectivity index (χ4v) is 3.52. The number of rotatable bonds is 7. The minimum absolute atomic E-state index is 0. The Kier molecular flexibility index (Phi) is 8.23. The maximum Gasteiger partial charge on any atom is 0.222 e. The maximum absolute atomic E-state index is 12.5. The van der Waals surface area contributed by atoms with E-state index in [0.29, 0.717) is 24.2 Å². The Labute approximate surface area is 152 Å². The Hall–Kier alpha value is -1.07. The summed E-state index contributed by atoms with van der Waals surface area (Å²) in [6, 6.07) is 0. The summed E-state index contributed by atoms with van der Waals surface area (Å²) < 4.78 is 2.10. The van der Waals surface area contributed by atoms with Crippen LogP contribution in [0.1, 0.15) is 43.6 Å². The standard InChI is InChI=1S/C18H32N4O.ClH/c1-13(2)11-22-15(4)17(14(3)20-22)6-7-18(23)21-9-8-16(12-21)10-19-5;/h13,16,19H,6-12H2,1-5H3;1H. The summed E-state index contributed by atoms with van der Waals surface area (Å²) in [5.41, 5.74) is 3.55. The molecule has 0 aromatic carbocycles. The van der Waals surface area contributed by atoms with E-state index in [2.05, 4.69) is 42.8 Å². The molecule has 1 amide bonds. The van der Waals surface area contributed by atoms with Gasteiger partial charge in [-0.2, -0.15) is 5.10 Å². The van der Waals surface area contributed by atoms with Crippen molar-refractivity contribution in [3.63, 3.8) is 0 Å². The Balaban J connectivity index is 0.00000288. The molecule has 2 heterocycles. The Morgan fingerprint density at radius 1 is 1.38 bits per heavy atom. The lowest BCUT2D eigenvalue weighted by molar-refractivity contribution is -0.130. The first-order valence-corrected chi connectivity index (χ1v) is 8.87. The third-order valence-electron chi connectivity index (χ3n) is 4.79. The highest BCUT2D eigenvalue weighted by molar-refractivity contribution is 5.85. The number of halogens is 1. The summed E-state index contributed by atoms with van der Waals surface area (Å²) in [5, 5.41) is 7.86. The van der Waals surface area contributed by atoms with Crippen LogP contribution in [0.3, 0.4) is 0 Å². The molecule has 1 aliphatic heterocycles. The number of nitrogens with zero attached hydrogens (tertiary/aromatic N) is 3. The van der Waals surface area contributed by atoms with E-state index in [9.17, 15) is 4.79 Å². The number of hydrogen-bond acceptors (Lipinski definition) is 3. The molecule has 2 rings (SSSR count). The second-order valence-corrected chi connectivity index (χ2v) is 7.28. The van der Waals surface area contributed by atoms with Crippen molar-refractivity contribution >= 4 is 18.3 Å². The van der Waals surface area contributed by atoms with Crippen LogP contribution in [-0.2, 0) is 17.8 Å². The van der Waals surface area contributed by atoms with Crippen LogP contribution in [0.25, 0.3) is 0 Å². The second-order valence-electron chi connectivity index (χ2n) is 7.28. The van der Waals surface area contributed by atoms with Gasteiger partial charge in [0.1, 0.15) is 0 Å². The quantitative estimate of drug-likeness (QED) is 0.816.